The number of hydrogen-bond donors (Lipinski definition) is 0. The van der Waals surface area contributed by atoms with Crippen LogP contribution in [-0.2, 0) is 9.59 Å². The molecule has 2 aliphatic rings. The monoisotopic (exact) mass is 548 g/mol. The molecule has 0 unspecified atom stereocenters. The molecule has 2 aromatic rings. The van der Waals surface area contributed by atoms with Crippen LogP contribution in [0.25, 0.3) is 6.08 Å². The topological polar surface area (TPSA) is 93.2 Å². The summed E-state index contributed by atoms with van der Waals surface area (Å²) in [5, 5.41) is -0.219. The number of amides is 3. The van der Waals surface area contributed by atoms with E-state index < -0.39 is 17.1 Å². The highest BCUT2D eigenvalue weighted by molar-refractivity contribution is 8.18. The molecule has 8 nitrogen and oxygen atoms in total. The van der Waals surface area contributed by atoms with E-state index in [9.17, 15) is 19.2 Å². The van der Waals surface area contributed by atoms with Crippen LogP contribution in [0.4, 0.5) is 4.79 Å². The van der Waals surface area contributed by atoms with Crippen LogP contribution in [0.15, 0.2) is 41.3 Å². The van der Waals surface area contributed by atoms with Crippen molar-refractivity contribution in [3.8, 4) is 11.5 Å². The second kappa shape index (κ2) is 11.4. The van der Waals surface area contributed by atoms with E-state index in [1.54, 1.807) is 36.1 Å². The molecule has 36 heavy (non-hydrogen) atoms. The number of rotatable bonds is 7. The fourth-order valence-electron chi connectivity index (χ4n) is 3.80. The normalized spacial score (nSPS) is 16.7. The summed E-state index contributed by atoms with van der Waals surface area (Å²) in [5.41, 5.74) is 0.622. The molecule has 2 fully saturated rings. The van der Waals surface area contributed by atoms with E-state index in [0.29, 0.717) is 18.7 Å². The van der Waals surface area contributed by atoms with Gasteiger partial charge in [0.05, 0.1) is 27.1 Å². The van der Waals surface area contributed by atoms with Crippen molar-refractivity contribution in [3.63, 3.8) is 0 Å². The number of likely N-dealkylation sites (tertiary alicyclic amines) is 1. The van der Waals surface area contributed by atoms with Crippen molar-refractivity contribution in [1.82, 2.24) is 9.80 Å². The summed E-state index contributed by atoms with van der Waals surface area (Å²) < 4.78 is 11.1. The number of halogens is 2. The summed E-state index contributed by atoms with van der Waals surface area (Å²) in [6.07, 6.45) is 3.32. The average molecular weight is 549 g/mol. The Hall–Kier alpha value is -3.01. The maximum Gasteiger partial charge on any atom is 0.345 e. The predicted molar refractivity (Wildman–Crippen MR) is 138 cm³/mol. The van der Waals surface area contributed by atoms with Crippen molar-refractivity contribution >= 4 is 64.1 Å². The quantitative estimate of drug-likeness (QED) is 0.264. The van der Waals surface area contributed by atoms with Crippen LogP contribution >= 0.6 is 35.0 Å². The SMILES string of the molecule is CCOc1cc(/C=C2\SC(=O)N(CC(=O)N3CCCC3)C2=O)cc(Cl)c1OC(=O)c1ccccc1Cl. The number of imide groups is 1. The van der Waals surface area contributed by atoms with E-state index in [4.69, 9.17) is 32.7 Å². The molecule has 2 aliphatic heterocycles. The summed E-state index contributed by atoms with van der Waals surface area (Å²) >= 11 is 13.3. The van der Waals surface area contributed by atoms with E-state index in [0.717, 1.165) is 29.5 Å². The van der Waals surface area contributed by atoms with E-state index in [-0.39, 0.29) is 51.1 Å². The highest BCUT2D eigenvalue weighted by atomic mass is 35.5. The summed E-state index contributed by atoms with van der Waals surface area (Å²) in [4.78, 5) is 53.1. The number of esters is 1. The van der Waals surface area contributed by atoms with Gasteiger partial charge in [0.25, 0.3) is 11.1 Å². The van der Waals surface area contributed by atoms with Gasteiger partial charge in [-0.05, 0) is 67.4 Å². The molecule has 0 aliphatic carbocycles. The fraction of sp³-hybridized carbons (Fsp3) is 0.280. The van der Waals surface area contributed by atoms with Gasteiger partial charge in [0, 0.05) is 13.1 Å². The standard InChI is InChI=1S/C25H22Cl2N2O6S/c1-2-34-19-12-15(11-18(27)22(19)35-24(32)16-7-3-4-8-17(16)26)13-20-23(31)29(25(33)36-20)14-21(30)28-9-5-6-10-28/h3-4,7-8,11-13H,2,5-6,9-10,14H2,1H3/b20-13-. The Labute approximate surface area is 222 Å². The Kier molecular flexibility index (Phi) is 8.23. The molecular formula is C25H22Cl2N2O6S. The molecule has 0 spiro atoms. The zero-order chi connectivity index (χ0) is 25.8. The van der Waals surface area contributed by atoms with Gasteiger partial charge in [0.2, 0.25) is 5.91 Å². The lowest BCUT2D eigenvalue weighted by molar-refractivity contribution is -0.135. The molecule has 2 heterocycles. The number of carbonyl (C=O) groups excluding carboxylic acids is 4. The summed E-state index contributed by atoms with van der Waals surface area (Å²) in [7, 11) is 0. The zero-order valence-corrected chi connectivity index (χ0v) is 21.6. The second-order valence-electron chi connectivity index (χ2n) is 7.99. The molecule has 0 bridgehead atoms. The Morgan fingerprint density at radius 3 is 2.50 bits per heavy atom. The molecular weight excluding hydrogens is 527 g/mol. The molecule has 0 radical (unpaired) electrons. The highest BCUT2D eigenvalue weighted by Gasteiger charge is 2.37. The smallest absolute Gasteiger partial charge is 0.345 e. The molecule has 0 saturated carbocycles. The van der Waals surface area contributed by atoms with Crippen LogP contribution in [0.3, 0.4) is 0 Å². The first-order valence-corrected chi connectivity index (χ1v) is 12.8. The van der Waals surface area contributed by atoms with Crippen molar-refractivity contribution in [2.24, 2.45) is 0 Å². The van der Waals surface area contributed by atoms with Gasteiger partial charge >= 0.3 is 5.97 Å². The molecule has 3 amide bonds. The van der Waals surface area contributed by atoms with E-state index >= 15 is 0 Å². The first kappa shape index (κ1) is 26.1. The van der Waals surface area contributed by atoms with Gasteiger partial charge in [0.15, 0.2) is 11.5 Å². The predicted octanol–water partition coefficient (Wildman–Crippen LogP) is 5.27. The largest absolute Gasteiger partial charge is 0.490 e. The molecule has 11 heteroatoms. The molecule has 188 valence electrons. The van der Waals surface area contributed by atoms with Crippen LogP contribution in [0.1, 0.15) is 35.7 Å². The fourth-order valence-corrected chi connectivity index (χ4v) is 5.11. The Balaban J connectivity index is 1.56. The van der Waals surface area contributed by atoms with E-state index in [1.165, 1.54) is 18.2 Å². The minimum Gasteiger partial charge on any atom is -0.490 e. The Bertz CT molecular complexity index is 1260. The van der Waals surface area contributed by atoms with Crippen molar-refractivity contribution in [3.05, 3.63) is 62.5 Å². The van der Waals surface area contributed by atoms with Gasteiger partial charge in [-0.25, -0.2) is 4.79 Å². The van der Waals surface area contributed by atoms with Gasteiger partial charge in [-0.3, -0.25) is 19.3 Å². The van der Waals surface area contributed by atoms with Gasteiger partial charge in [-0.2, -0.15) is 0 Å². The summed E-state index contributed by atoms with van der Waals surface area (Å²) in [6.45, 7) is 2.99. The average Bonchev–Trinajstić information content (AvgIpc) is 3.47. The van der Waals surface area contributed by atoms with Crippen LogP contribution in [0.5, 0.6) is 11.5 Å². The third-order valence-electron chi connectivity index (χ3n) is 5.54. The lowest BCUT2D eigenvalue weighted by Gasteiger charge is -2.18. The molecule has 2 saturated heterocycles. The summed E-state index contributed by atoms with van der Waals surface area (Å²) in [5.74, 6) is -1.33. The minimum absolute atomic E-state index is 0.00454. The Morgan fingerprint density at radius 2 is 1.81 bits per heavy atom. The van der Waals surface area contributed by atoms with Crippen molar-refractivity contribution in [1.29, 1.82) is 0 Å². The number of thioether (sulfide) groups is 1. The van der Waals surface area contributed by atoms with Gasteiger partial charge in [-0.15, -0.1) is 0 Å². The van der Waals surface area contributed by atoms with Crippen LogP contribution in [-0.4, -0.2) is 59.1 Å². The second-order valence-corrected chi connectivity index (χ2v) is 9.80. The number of nitrogens with zero attached hydrogens (tertiary/aromatic N) is 2. The van der Waals surface area contributed by atoms with Gasteiger partial charge in [0.1, 0.15) is 6.54 Å². The van der Waals surface area contributed by atoms with Crippen LogP contribution in [0.2, 0.25) is 10.0 Å². The first-order chi connectivity index (χ1) is 17.3. The van der Waals surface area contributed by atoms with E-state index in [2.05, 4.69) is 0 Å². The van der Waals surface area contributed by atoms with Crippen LogP contribution < -0.4 is 9.47 Å². The maximum absolute atomic E-state index is 12.9. The third-order valence-corrected chi connectivity index (χ3v) is 7.06. The summed E-state index contributed by atoms with van der Waals surface area (Å²) in [6, 6.07) is 9.48. The first-order valence-electron chi connectivity index (χ1n) is 11.2. The van der Waals surface area contributed by atoms with Gasteiger partial charge in [-0.1, -0.05) is 35.3 Å². The molecule has 4 rings (SSSR count). The van der Waals surface area contributed by atoms with Crippen molar-refractivity contribution in [2.45, 2.75) is 19.8 Å². The Morgan fingerprint density at radius 1 is 1.08 bits per heavy atom. The zero-order valence-electron chi connectivity index (χ0n) is 19.3. The van der Waals surface area contributed by atoms with Crippen LogP contribution in [0, 0.1) is 0 Å². The maximum atomic E-state index is 12.9. The van der Waals surface area contributed by atoms with Crippen molar-refractivity contribution in [2.75, 3.05) is 26.2 Å². The molecule has 0 aromatic heterocycles. The number of carbonyl (C=O) groups is 4. The van der Waals surface area contributed by atoms with E-state index in [1.807, 2.05) is 0 Å². The molecule has 0 N–H and O–H groups in total. The number of ether oxygens (including phenoxy) is 2. The minimum atomic E-state index is -0.708. The van der Waals surface area contributed by atoms with Crippen molar-refractivity contribution < 1.29 is 28.7 Å². The molecule has 0 atom stereocenters. The number of benzene rings is 2. The number of hydrogen-bond acceptors (Lipinski definition) is 7. The lowest BCUT2D eigenvalue weighted by atomic mass is 10.1. The lowest BCUT2D eigenvalue weighted by Crippen LogP contribution is -2.40. The third kappa shape index (κ3) is 5.69. The molecule has 2 aromatic carbocycles. The highest BCUT2D eigenvalue weighted by Crippen LogP contribution is 2.40. The van der Waals surface area contributed by atoms with Gasteiger partial charge < -0.3 is 14.4 Å².